The third kappa shape index (κ3) is 4.96. The molecule has 0 saturated heterocycles. The number of hydrogen-bond donors (Lipinski definition) is 3. The Bertz CT molecular complexity index is 599. The van der Waals surface area contributed by atoms with E-state index in [1.165, 1.54) is 5.56 Å². The molecule has 21 heavy (non-hydrogen) atoms. The molecule has 2 aromatic carbocycles. The van der Waals surface area contributed by atoms with Gasteiger partial charge < -0.3 is 10.1 Å². The number of aryl methyl sites for hydroxylation is 1. The maximum Gasteiger partial charge on any atom is 0.189 e. The summed E-state index contributed by atoms with van der Waals surface area (Å²) in [4.78, 5) is 0. The van der Waals surface area contributed by atoms with Crippen LogP contribution in [0.3, 0.4) is 0 Å². The third-order valence-corrected chi connectivity index (χ3v) is 2.97. The highest BCUT2D eigenvalue weighted by molar-refractivity contribution is 7.80. The second kappa shape index (κ2) is 7.50. The molecule has 0 atom stereocenters. The molecular weight excluding hydrogens is 282 g/mol. The quantitative estimate of drug-likeness (QED) is 0.580. The number of thiocarbonyl (C=S) groups is 1. The van der Waals surface area contributed by atoms with Gasteiger partial charge in [0, 0.05) is 5.69 Å². The fraction of sp³-hybridized carbons (Fsp3) is 0.188. The molecular formula is C16H19N3OS. The monoisotopic (exact) mass is 301 g/mol. The molecule has 110 valence electrons. The topological polar surface area (TPSA) is 45.3 Å². The van der Waals surface area contributed by atoms with Crippen molar-refractivity contribution in [1.29, 1.82) is 0 Å². The van der Waals surface area contributed by atoms with E-state index in [9.17, 15) is 0 Å². The number of benzene rings is 2. The van der Waals surface area contributed by atoms with Crippen molar-refractivity contribution in [1.82, 2.24) is 5.43 Å². The van der Waals surface area contributed by atoms with Gasteiger partial charge >= 0.3 is 0 Å². The van der Waals surface area contributed by atoms with Gasteiger partial charge in [0.2, 0.25) is 0 Å². The fourth-order valence-electron chi connectivity index (χ4n) is 1.82. The molecule has 3 N–H and O–H groups in total. The zero-order chi connectivity index (χ0) is 15.1. The van der Waals surface area contributed by atoms with E-state index in [1.54, 1.807) is 0 Å². The van der Waals surface area contributed by atoms with E-state index >= 15 is 0 Å². The molecule has 0 amide bonds. The summed E-state index contributed by atoms with van der Waals surface area (Å²) >= 11 is 5.24. The van der Waals surface area contributed by atoms with Gasteiger partial charge in [-0.3, -0.25) is 10.9 Å². The molecule has 0 bridgehead atoms. The highest BCUT2D eigenvalue weighted by Crippen LogP contribution is 2.15. The Balaban J connectivity index is 1.84. The predicted molar refractivity (Wildman–Crippen MR) is 91.8 cm³/mol. The van der Waals surface area contributed by atoms with Crippen LogP contribution < -0.4 is 20.9 Å². The molecule has 2 aromatic rings. The molecule has 0 aliphatic rings. The van der Waals surface area contributed by atoms with Crippen LogP contribution >= 0.6 is 12.2 Å². The van der Waals surface area contributed by atoms with E-state index in [-0.39, 0.29) is 0 Å². The van der Waals surface area contributed by atoms with Crippen LogP contribution in [-0.2, 0) is 0 Å². The van der Waals surface area contributed by atoms with Gasteiger partial charge in [0.05, 0.1) is 12.3 Å². The fourth-order valence-corrected chi connectivity index (χ4v) is 1.98. The molecule has 0 heterocycles. The summed E-state index contributed by atoms with van der Waals surface area (Å²) in [6, 6.07) is 15.7. The first-order valence-corrected chi connectivity index (χ1v) is 7.21. The van der Waals surface area contributed by atoms with Gasteiger partial charge in [0.15, 0.2) is 5.11 Å². The van der Waals surface area contributed by atoms with Crippen molar-refractivity contribution in [2.45, 2.75) is 13.8 Å². The van der Waals surface area contributed by atoms with Gasteiger partial charge in [0.25, 0.3) is 0 Å². The predicted octanol–water partition coefficient (Wildman–Crippen LogP) is 3.71. The molecule has 0 aliphatic heterocycles. The molecule has 0 spiro atoms. The number of anilines is 2. The van der Waals surface area contributed by atoms with Crippen LogP contribution in [0.4, 0.5) is 11.4 Å². The number of rotatable bonds is 5. The van der Waals surface area contributed by atoms with Gasteiger partial charge in [-0.2, -0.15) is 0 Å². The van der Waals surface area contributed by atoms with Crippen molar-refractivity contribution in [3.05, 3.63) is 54.1 Å². The summed E-state index contributed by atoms with van der Waals surface area (Å²) in [5.74, 6) is 0.847. The maximum atomic E-state index is 5.39. The highest BCUT2D eigenvalue weighted by Gasteiger charge is 1.98. The first-order valence-electron chi connectivity index (χ1n) is 6.80. The second-order valence-corrected chi connectivity index (χ2v) is 4.94. The van der Waals surface area contributed by atoms with Crippen molar-refractivity contribution in [2.24, 2.45) is 0 Å². The standard InChI is InChI=1S/C16H19N3OS/c1-3-20-15-9-7-13(8-10-15)17-16(21)19-18-14-6-4-5-12(2)11-14/h4-11,18H,3H2,1-2H3,(H2,17,19,21). The summed E-state index contributed by atoms with van der Waals surface area (Å²) in [6.45, 7) is 4.66. The lowest BCUT2D eigenvalue weighted by molar-refractivity contribution is 0.340. The van der Waals surface area contributed by atoms with E-state index < -0.39 is 0 Å². The highest BCUT2D eigenvalue weighted by atomic mass is 32.1. The summed E-state index contributed by atoms with van der Waals surface area (Å²) in [7, 11) is 0. The third-order valence-electron chi connectivity index (χ3n) is 2.76. The average Bonchev–Trinajstić information content (AvgIpc) is 2.48. The first-order chi connectivity index (χ1) is 10.2. The summed E-state index contributed by atoms with van der Waals surface area (Å²) in [6.07, 6.45) is 0. The maximum absolute atomic E-state index is 5.39. The Morgan fingerprint density at radius 1 is 1.10 bits per heavy atom. The lowest BCUT2D eigenvalue weighted by atomic mass is 10.2. The molecule has 0 aromatic heterocycles. The Labute approximate surface area is 130 Å². The Hall–Kier alpha value is -2.27. The zero-order valence-corrected chi connectivity index (χ0v) is 13.0. The molecule has 5 heteroatoms. The van der Waals surface area contributed by atoms with Gasteiger partial charge in [0.1, 0.15) is 5.75 Å². The van der Waals surface area contributed by atoms with E-state index in [1.807, 2.05) is 62.4 Å². The van der Waals surface area contributed by atoms with Crippen LogP contribution in [0, 0.1) is 6.92 Å². The van der Waals surface area contributed by atoms with Crippen LogP contribution in [0.1, 0.15) is 12.5 Å². The van der Waals surface area contributed by atoms with Crippen molar-refractivity contribution in [2.75, 3.05) is 17.3 Å². The van der Waals surface area contributed by atoms with Crippen molar-refractivity contribution in [3.8, 4) is 5.75 Å². The second-order valence-electron chi connectivity index (χ2n) is 4.53. The van der Waals surface area contributed by atoms with E-state index in [0.717, 1.165) is 17.1 Å². The van der Waals surface area contributed by atoms with Crippen molar-refractivity contribution >= 4 is 28.7 Å². The number of hydrazine groups is 1. The van der Waals surface area contributed by atoms with Gasteiger partial charge in [-0.05, 0) is 68.0 Å². The molecule has 0 aliphatic carbocycles. The lowest BCUT2D eigenvalue weighted by Crippen LogP contribution is -2.33. The largest absolute Gasteiger partial charge is 0.494 e. The van der Waals surface area contributed by atoms with Crippen LogP contribution in [0.15, 0.2) is 48.5 Å². The molecule has 0 fully saturated rings. The zero-order valence-electron chi connectivity index (χ0n) is 12.1. The van der Waals surface area contributed by atoms with Crippen LogP contribution in [0.5, 0.6) is 5.75 Å². The summed E-state index contributed by atoms with van der Waals surface area (Å²) in [5, 5.41) is 3.60. The number of hydrogen-bond acceptors (Lipinski definition) is 3. The van der Waals surface area contributed by atoms with Crippen molar-refractivity contribution < 1.29 is 4.74 Å². The molecule has 0 saturated carbocycles. The SMILES string of the molecule is CCOc1ccc(NC(=S)NNc2cccc(C)c2)cc1. The smallest absolute Gasteiger partial charge is 0.189 e. The van der Waals surface area contributed by atoms with Crippen molar-refractivity contribution in [3.63, 3.8) is 0 Å². The van der Waals surface area contributed by atoms with E-state index in [2.05, 4.69) is 16.2 Å². The van der Waals surface area contributed by atoms with Crippen LogP contribution in [-0.4, -0.2) is 11.7 Å². The minimum Gasteiger partial charge on any atom is -0.494 e. The average molecular weight is 301 g/mol. The summed E-state index contributed by atoms with van der Waals surface area (Å²) in [5.41, 5.74) is 9.07. The summed E-state index contributed by atoms with van der Waals surface area (Å²) < 4.78 is 5.39. The number of ether oxygens (including phenoxy) is 1. The van der Waals surface area contributed by atoms with Crippen LogP contribution in [0.25, 0.3) is 0 Å². The molecule has 2 rings (SSSR count). The van der Waals surface area contributed by atoms with E-state index in [4.69, 9.17) is 17.0 Å². The minimum atomic E-state index is 0.501. The molecule has 0 unspecified atom stereocenters. The first kappa shape index (κ1) is 15.1. The lowest BCUT2D eigenvalue weighted by Gasteiger charge is -2.13. The Morgan fingerprint density at radius 3 is 2.52 bits per heavy atom. The Morgan fingerprint density at radius 2 is 1.86 bits per heavy atom. The molecule has 4 nitrogen and oxygen atoms in total. The normalized spacial score (nSPS) is 9.81. The van der Waals surface area contributed by atoms with Gasteiger partial charge in [-0.1, -0.05) is 12.1 Å². The minimum absolute atomic E-state index is 0.501. The molecule has 0 radical (unpaired) electrons. The van der Waals surface area contributed by atoms with Gasteiger partial charge in [-0.15, -0.1) is 0 Å². The van der Waals surface area contributed by atoms with E-state index in [0.29, 0.717) is 11.7 Å². The Kier molecular flexibility index (Phi) is 5.40. The van der Waals surface area contributed by atoms with Gasteiger partial charge in [-0.25, -0.2) is 0 Å². The number of nitrogens with one attached hydrogen (secondary N) is 3. The van der Waals surface area contributed by atoms with Crippen LogP contribution in [0.2, 0.25) is 0 Å².